The smallest absolute Gasteiger partial charge is 0.248 e. The Labute approximate surface area is 144 Å². The summed E-state index contributed by atoms with van der Waals surface area (Å²) in [6, 6.07) is 7.69. The number of primary amides is 1. The highest BCUT2D eigenvalue weighted by Gasteiger charge is 2.39. The summed E-state index contributed by atoms with van der Waals surface area (Å²) in [7, 11) is -3.74. The summed E-state index contributed by atoms with van der Waals surface area (Å²) >= 11 is 1.55. The van der Waals surface area contributed by atoms with Crippen LogP contribution in [-0.4, -0.2) is 43.4 Å². The van der Waals surface area contributed by atoms with E-state index < -0.39 is 15.9 Å². The van der Waals surface area contributed by atoms with E-state index in [1.165, 1.54) is 28.6 Å². The Hall–Kier alpha value is -1.74. The van der Waals surface area contributed by atoms with E-state index in [0.29, 0.717) is 6.54 Å². The number of benzene rings is 1. The molecule has 0 bridgehead atoms. The maximum Gasteiger partial charge on any atom is 0.248 e. The summed E-state index contributed by atoms with van der Waals surface area (Å²) in [4.78, 5) is 11.3. The van der Waals surface area contributed by atoms with Gasteiger partial charge in [-0.25, -0.2) is 8.42 Å². The Morgan fingerprint density at radius 1 is 1.33 bits per heavy atom. The number of amides is 1. The number of hydrogen-bond donors (Lipinski definition) is 2. The van der Waals surface area contributed by atoms with Gasteiger partial charge < -0.3 is 10.8 Å². The molecule has 1 fully saturated rings. The summed E-state index contributed by atoms with van der Waals surface area (Å²) in [5.41, 5.74) is 6.43. The number of nitrogens with two attached hydrogens (primary N) is 1. The molecule has 1 aromatic carbocycles. The number of nitrogens with zero attached hydrogens (tertiary/aromatic N) is 1. The molecule has 0 aliphatic carbocycles. The van der Waals surface area contributed by atoms with Crippen LogP contribution in [0, 0.1) is 5.92 Å². The summed E-state index contributed by atoms with van der Waals surface area (Å²) in [5, 5.41) is 13.6. The lowest BCUT2D eigenvalue weighted by molar-refractivity contribution is 0.1000. The van der Waals surface area contributed by atoms with E-state index in [-0.39, 0.29) is 35.4 Å². The van der Waals surface area contributed by atoms with Gasteiger partial charge in [0, 0.05) is 37.1 Å². The molecule has 1 saturated heterocycles. The minimum Gasteiger partial charge on any atom is -0.396 e. The van der Waals surface area contributed by atoms with Crippen molar-refractivity contribution < 1.29 is 18.3 Å². The second-order valence-corrected chi connectivity index (χ2v) is 8.54. The van der Waals surface area contributed by atoms with Crippen molar-refractivity contribution in [3.63, 3.8) is 0 Å². The molecule has 0 radical (unpaired) electrons. The number of rotatable bonds is 5. The number of thiophene rings is 1. The average molecular weight is 366 g/mol. The molecule has 24 heavy (non-hydrogen) atoms. The SMILES string of the molecule is NC(=O)c1cccc(S(=O)(=O)N2C[C@H](CO)[C@H](c3ccsc3)C2)c1. The van der Waals surface area contributed by atoms with E-state index in [0.717, 1.165) is 5.56 Å². The molecule has 1 aromatic heterocycles. The first-order valence-electron chi connectivity index (χ1n) is 7.46. The minimum atomic E-state index is -3.74. The standard InChI is InChI=1S/C16H18N2O4S2/c17-16(20)11-2-1-3-14(6-11)24(21,22)18-7-13(9-19)15(8-18)12-4-5-23-10-12/h1-6,10,13,15,19H,7-9H2,(H2,17,20)/t13-,15+/m1/s1. The Morgan fingerprint density at radius 2 is 2.12 bits per heavy atom. The van der Waals surface area contributed by atoms with E-state index in [4.69, 9.17) is 5.73 Å². The maximum absolute atomic E-state index is 12.9. The topological polar surface area (TPSA) is 101 Å². The van der Waals surface area contributed by atoms with Crippen molar-refractivity contribution >= 4 is 27.3 Å². The Bertz CT molecular complexity index is 834. The van der Waals surface area contributed by atoms with Gasteiger partial charge in [0.15, 0.2) is 0 Å². The Balaban J connectivity index is 1.91. The lowest BCUT2D eigenvalue weighted by Gasteiger charge is -2.16. The molecule has 0 saturated carbocycles. The molecule has 3 N–H and O–H groups in total. The molecule has 2 atom stereocenters. The number of sulfonamides is 1. The second-order valence-electron chi connectivity index (χ2n) is 5.82. The quantitative estimate of drug-likeness (QED) is 0.831. The van der Waals surface area contributed by atoms with Gasteiger partial charge in [-0.05, 0) is 40.6 Å². The van der Waals surface area contributed by atoms with Crippen LogP contribution < -0.4 is 5.73 Å². The van der Waals surface area contributed by atoms with Gasteiger partial charge in [-0.3, -0.25) is 4.79 Å². The van der Waals surface area contributed by atoms with Gasteiger partial charge >= 0.3 is 0 Å². The van der Waals surface area contributed by atoms with Crippen LogP contribution in [-0.2, 0) is 10.0 Å². The largest absolute Gasteiger partial charge is 0.396 e. The third-order valence-corrected chi connectivity index (χ3v) is 6.90. The van der Waals surface area contributed by atoms with E-state index >= 15 is 0 Å². The molecule has 2 heterocycles. The van der Waals surface area contributed by atoms with Gasteiger partial charge in [-0.15, -0.1) is 0 Å². The fraction of sp³-hybridized carbons (Fsp3) is 0.312. The molecule has 0 spiro atoms. The lowest BCUT2D eigenvalue weighted by Crippen LogP contribution is -2.29. The second kappa shape index (κ2) is 6.64. The zero-order valence-corrected chi connectivity index (χ0v) is 14.5. The Kier molecular flexibility index (Phi) is 4.73. The molecule has 8 heteroatoms. The third kappa shape index (κ3) is 3.10. The van der Waals surface area contributed by atoms with Crippen molar-refractivity contribution in [1.82, 2.24) is 4.31 Å². The van der Waals surface area contributed by atoms with Crippen LogP contribution in [0.4, 0.5) is 0 Å². The van der Waals surface area contributed by atoms with Crippen LogP contribution in [0.1, 0.15) is 21.8 Å². The highest BCUT2D eigenvalue weighted by Crippen LogP contribution is 2.36. The molecule has 3 rings (SSSR count). The summed E-state index contributed by atoms with van der Waals surface area (Å²) in [6.07, 6.45) is 0. The van der Waals surface area contributed by atoms with Gasteiger partial charge in [-0.2, -0.15) is 15.6 Å². The van der Waals surface area contributed by atoms with Crippen molar-refractivity contribution in [1.29, 1.82) is 0 Å². The van der Waals surface area contributed by atoms with Crippen LogP contribution in [0.25, 0.3) is 0 Å². The first kappa shape index (κ1) is 17.1. The van der Waals surface area contributed by atoms with E-state index in [1.54, 1.807) is 11.3 Å². The van der Waals surface area contributed by atoms with Crippen LogP contribution in [0.15, 0.2) is 46.0 Å². The summed E-state index contributed by atoms with van der Waals surface area (Å²) in [5.74, 6) is -0.845. The summed E-state index contributed by atoms with van der Waals surface area (Å²) < 4.78 is 27.1. The molecular weight excluding hydrogens is 348 g/mol. The normalized spacial score (nSPS) is 21.9. The highest BCUT2D eigenvalue weighted by atomic mass is 32.2. The van der Waals surface area contributed by atoms with Gasteiger partial charge in [0.2, 0.25) is 15.9 Å². The Morgan fingerprint density at radius 3 is 2.75 bits per heavy atom. The molecule has 1 amide bonds. The van der Waals surface area contributed by atoms with Crippen LogP contribution in [0.3, 0.4) is 0 Å². The molecule has 2 aromatic rings. The number of hydrogen-bond acceptors (Lipinski definition) is 5. The molecule has 1 aliphatic heterocycles. The third-order valence-electron chi connectivity index (χ3n) is 4.37. The van der Waals surface area contributed by atoms with Gasteiger partial charge in [0.1, 0.15) is 0 Å². The van der Waals surface area contributed by atoms with Gasteiger partial charge in [-0.1, -0.05) is 6.07 Å². The van der Waals surface area contributed by atoms with Crippen molar-refractivity contribution in [2.75, 3.05) is 19.7 Å². The zero-order valence-electron chi connectivity index (χ0n) is 12.8. The minimum absolute atomic E-state index is 0.0321. The first-order valence-corrected chi connectivity index (χ1v) is 9.84. The van der Waals surface area contributed by atoms with E-state index in [9.17, 15) is 18.3 Å². The van der Waals surface area contributed by atoms with Gasteiger partial charge in [0.25, 0.3) is 0 Å². The number of aliphatic hydroxyl groups excluding tert-OH is 1. The molecule has 1 aliphatic rings. The van der Waals surface area contributed by atoms with E-state index in [1.807, 2.05) is 16.8 Å². The monoisotopic (exact) mass is 366 g/mol. The highest BCUT2D eigenvalue weighted by molar-refractivity contribution is 7.89. The predicted octanol–water partition coefficient (Wildman–Crippen LogP) is 1.24. The number of aliphatic hydroxyl groups is 1. The number of carbonyl (C=O) groups excluding carboxylic acids is 1. The first-order chi connectivity index (χ1) is 11.4. The van der Waals surface area contributed by atoms with Crippen LogP contribution in [0.2, 0.25) is 0 Å². The van der Waals surface area contributed by atoms with Crippen LogP contribution >= 0.6 is 11.3 Å². The van der Waals surface area contributed by atoms with Crippen molar-refractivity contribution in [2.45, 2.75) is 10.8 Å². The predicted molar refractivity (Wildman–Crippen MR) is 91.4 cm³/mol. The number of carbonyl (C=O) groups is 1. The molecule has 128 valence electrons. The zero-order chi connectivity index (χ0) is 17.3. The molecule has 6 nitrogen and oxygen atoms in total. The van der Waals surface area contributed by atoms with Crippen molar-refractivity contribution in [3.05, 3.63) is 52.2 Å². The molecular formula is C16H18N2O4S2. The maximum atomic E-state index is 12.9. The lowest BCUT2D eigenvalue weighted by atomic mass is 9.92. The van der Waals surface area contributed by atoms with Crippen LogP contribution in [0.5, 0.6) is 0 Å². The van der Waals surface area contributed by atoms with E-state index in [2.05, 4.69) is 0 Å². The average Bonchev–Trinajstić information content (AvgIpc) is 3.23. The fourth-order valence-corrected chi connectivity index (χ4v) is 5.33. The van der Waals surface area contributed by atoms with Gasteiger partial charge in [0.05, 0.1) is 4.90 Å². The van der Waals surface area contributed by atoms with Crippen molar-refractivity contribution in [2.24, 2.45) is 11.7 Å². The molecule has 0 unspecified atom stereocenters. The summed E-state index contributed by atoms with van der Waals surface area (Å²) in [6.45, 7) is 0.485. The fourth-order valence-electron chi connectivity index (χ4n) is 3.04. The van der Waals surface area contributed by atoms with Crippen molar-refractivity contribution in [3.8, 4) is 0 Å².